The van der Waals surface area contributed by atoms with Gasteiger partial charge in [-0.3, -0.25) is 4.79 Å². The fourth-order valence-corrected chi connectivity index (χ4v) is 3.70. The van der Waals surface area contributed by atoms with Crippen molar-refractivity contribution in [2.24, 2.45) is 5.92 Å². The third-order valence-corrected chi connectivity index (χ3v) is 4.78. The fraction of sp³-hybridized carbons (Fsp3) is 0.632. The van der Waals surface area contributed by atoms with Crippen LogP contribution in [0.2, 0.25) is 0 Å². The Kier molecular flexibility index (Phi) is 5.21. The number of carbonyl (C=O) groups is 1. The first-order valence-corrected chi connectivity index (χ1v) is 8.88. The topological polar surface area (TPSA) is 50.4 Å². The van der Waals surface area contributed by atoms with Crippen molar-refractivity contribution in [2.45, 2.75) is 58.1 Å². The number of amides is 1. The lowest BCUT2D eigenvalue weighted by Gasteiger charge is -2.23. The summed E-state index contributed by atoms with van der Waals surface area (Å²) in [5.41, 5.74) is 2.57. The second-order valence-electron chi connectivity index (χ2n) is 7.16. The molecule has 3 atom stereocenters. The summed E-state index contributed by atoms with van der Waals surface area (Å²) in [7, 11) is 0. The summed E-state index contributed by atoms with van der Waals surface area (Å²) >= 11 is 0. The van der Waals surface area contributed by atoms with Gasteiger partial charge in [-0.15, -0.1) is 0 Å². The summed E-state index contributed by atoms with van der Waals surface area (Å²) in [6.07, 6.45) is 5.13. The van der Waals surface area contributed by atoms with E-state index in [9.17, 15) is 4.79 Å². The van der Waals surface area contributed by atoms with E-state index in [1.807, 2.05) is 0 Å². The smallest absolute Gasteiger partial charge is 0.220 e. The first-order chi connectivity index (χ1) is 11.1. The van der Waals surface area contributed by atoms with Gasteiger partial charge in [0.05, 0.1) is 0 Å². The van der Waals surface area contributed by atoms with Crippen LogP contribution in [0.4, 0.5) is 0 Å². The van der Waals surface area contributed by atoms with Crippen LogP contribution in [-0.2, 0) is 17.6 Å². The summed E-state index contributed by atoms with van der Waals surface area (Å²) in [4.78, 5) is 12.2. The fourth-order valence-electron chi connectivity index (χ4n) is 3.70. The van der Waals surface area contributed by atoms with Crippen LogP contribution in [0.1, 0.15) is 44.2 Å². The number of ether oxygens (including phenoxy) is 1. The quantitative estimate of drug-likeness (QED) is 0.877. The highest BCUT2D eigenvalue weighted by molar-refractivity contribution is 5.76. The lowest BCUT2D eigenvalue weighted by Crippen LogP contribution is -2.38. The van der Waals surface area contributed by atoms with Gasteiger partial charge < -0.3 is 15.4 Å². The van der Waals surface area contributed by atoms with Crippen LogP contribution in [0.25, 0.3) is 0 Å². The van der Waals surface area contributed by atoms with Gasteiger partial charge >= 0.3 is 0 Å². The van der Waals surface area contributed by atoms with E-state index >= 15 is 0 Å². The number of carbonyl (C=O) groups excluding carboxylic acids is 1. The Bertz CT molecular complexity index is 552. The predicted molar refractivity (Wildman–Crippen MR) is 91.8 cm³/mol. The number of piperidine rings is 1. The van der Waals surface area contributed by atoms with Gasteiger partial charge in [0.1, 0.15) is 11.9 Å². The van der Waals surface area contributed by atoms with Gasteiger partial charge in [0.25, 0.3) is 0 Å². The summed E-state index contributed by atoms with van der Waals surface area (Å²) < 4.78 is 5.74. The van der Waals surface area contributed by atoms with Crippen LogP contribution in [0.3, 0.4) is 0 Å². The Morgan fingerprint density at radius 2 is 2.35 bits per heavy atom. The van der Waals surface area contributed by atoms with Crippen LogP contribution < -0.4 is 15.4 Å². The van der Waals surface area contributed by atoms with Crippen molar-refractivity contribution >= 4 is 5.91 Å². The Morgan fingerprint density at radius 3 is 3.13 bits per heavy atom. The molecule has 0 spiro atoms. The molecule has 1 aromatic carbocycles. The van der Waals surface area contributed by atoms with Crippen LogP contribution in [-0.4, -0.2) is 31.1 Å². The highest BCUT2D eigenvalue weighted by Gasteiger charge is 2.20. The molecule has 1 aromatic rings. The molecule has 3 rings (SSSR count). The maximum Gasteiger partial charge on any atom is 0.220 e. The zero-order valence-corrected chi connectivity index (χ0v) is 14.2. The monoisotopic (exact) mass is 316 g/mol. The normalized spacial score (nSPS) is 24.6. The van der Waals surface area contributed by atoms with Gasteiger partial charge in [0.2, 0.25) is 5.91 Å². The zero-order chi connectivity index (χ0) is 16.2. The average molecular weight is 316 g/mol. The molecule has 2 aliphatic rings. The molecule has 0 aromatic heterocycles. The lowest BCUT2D eigenvalue weighted by molar-refractivity contribution is -0.122. The van der Waals surface area contributed by atoms with Crippen molar-refractivity contribution in [3.8, 4) is 5.75 Å². The Hall–Kier alpha value is -1.55. The summed E-state index contributed by atoms with van der Waals surface area (Å²) in [6, 6.07) is 6.57. The molecule has 126 valence electrons. The maximum atomic E-state index is 12.2. The van der Waals surface area contributed by atoms with E-state index in [1.165, 1.54) is 17.5 Å². The number of benzene rings is 1. The molecule has 2 N–H and O–H groups in total. The third kappa shape index (κ3) is 4.47. The molecule has 1 amide bonds. The van der Waals surface area contributed by atoms with Crippen molar-refractivity contribution < 1.29 is 9.53 Å². The molecule has 0 bridgehead atoms. The molecule has 23 heavy (non-hydrogen) atoms. The predicted octanol–water partition coefficient (Wildman–Crippen LogP) is 2.45. The van der Waals surface area contributed by atoms with Gasteiger partial charge in [-0.05, 0) is 69.3 Å². The first-order valence-electron chi connectivity index (χ1n) is 8.88. The molecule has 4 nitrogen and oxygen atoms in total. The van der Waals surface area contributed by atoms with Gasteiger partial charge in [-0.25, -0.2) is 0 Å². The van der Waals surface area contributed by atoms with E-state index < -0.39 is 0 Å². The molecule has 1 fully saturated rings. The maximum absolute atomic E-state index is 12.2. The molecular formula is C19H28N2O2. The Labute approximate surface area is 139 Å². The first kappa shape index (κ1) is 16.3. The molecule has 2 heterocycles. The second kappa shape index (κ2) is 7.35. The Balaban J connectivity index is 1.48. The highest BCUT2D eigenvalue weighted by atomic mass is 16.5. The minimum Gasteiger partial charge on any atom is -0.490 e. The molecule has 1 unspecified atom stereocenters. The number of hydrogen-bond acceptors (Lipinski definition) is 3. The van der Waals surface area contributed by atoms with E-state index in [-0.39, 0.29) is 18.1 Å². The summed E-state index contributed by atoms with van der Waals surface area (Å²) in [6.45, 7) is 6.26. The molecule has 0 saturated carbocycles. The zero-order valence-electron chi connectivity index (χ0n) is 14.2. The number of rotatable bonds is 5. The molecule has 1 saturated heterocycles. The van der Waals surface area contributed by atoms with Crippen molar-refractivity contribution in [3.05, 3.63) is 29.3 Å². The van der Waals surface area contributed by atoms with E-state index in [2.05, 4.69) is 42.7 Å². The molecule has 4 heteroatoms. The van der Waals surface area contributed by atoms with Crippen LogP contribution >= 0.6 is 0 Å². The third-order valence-electron chi connectivity index (χ3n) is 4.78. The number of fused-ring (bicyclic) bond motifs is 1. The van der Waals surface area contributed by atoms with E-state index in [1.54, 1.807) is 0 Å². The standard InChI is InChI=1S/C19H28N2O2/c1-13(21-19(22)11-16-4-3-7-20-12-16)8-15-5-6-18-17(10-15)9-14(2)23-18/h5-6,10,13-14,16,20H,3-4,7-9,11-12H2,1-2H3,(H,21,22)/t13-,14?,16+/m1/s1. The Morgan fingerprint density at radius 1 is 1.48 bits per heavy atom. The highest BCUT2D eigenvalue weighted by Crippen LogP contribution is 2.29. The van der Waals surface area contributed by atoms with E-state index in [0.717, 1.165) is 38.1 Å². The van der Waals surface area contributed by atoms with Crippen molar-refractivity contribution in [3.63, 3.8) is 0 Å². The van der Waals surface area contributed by atoms with Gasteiger partial charge in [0, 0.05) is 18.9 Å². The van der Waals surface area contributed by atoms with Gasteiger partial charge in [-0.1, -0.05) is 12.1 Å². The van der Waals surface area contributed by atoms with Gasteiger partial charge in [0.15, 0.2) is 0 Å². The molecule has 0 radical (unpaired) electrons. The van der Waals surface area contributed by atoms with Crippen molar-refractivity contribution in [1.82, 2.24) is 10.6 Å². The average Bonchev–Trinajstić information content (AvgIpc) is 2.87. The number of hydrogen-bond donors (Lipinski definition) is 2. The molecular weight excluding hydrogens is 288 g/mol. The lowest BCUT2D eigenvalue weighted by atomic mass is 9.95. The number of nitrogens with one attached hydrogen (secondary N) is 2. The van der Waals surface area contributed by atoms with Crippen molar-refractivity contribution in [1.29, 1.82) is 0 Å². The molecule has 2 aliphatic heterocycles. The molecule has 0 aliphatic carbocycles. The summed E-state index contributed by atoms with van der Waals surface area (Å²) in [5, 5.41) is 6.52. The minimum absolute atomic E-state index is 0.164. The summed E-state index contributed by atoms with van der Waals surface area (Å²) in [5.74, 6) is 1.70. The minimum atomic E-state index is 0.164. The van der Waals surface area contributed by atoms with Crippen LogP contribution in [0.5, 0.6) is 5.75 Å². The largest absolute Gasteiger partial charge is 0.490 e. The van der Waals surface area contributed by atoms with Crippen LogP contribution in [0, 0.1) is 5.92 Å². The SMILES string of the molecule is CC1Cc2cc(C[C@@H](C)NC(=O)C[C@@H]3CCCNC3)ccc2O1. The van der Waals surface area contributed by atoms with E-state index in [4.69, 9.17) is 4.74 Å². The second-order valence-corrected chi connectivity index (χ2v) is 7.16. The van der Waals surface area contributed by atoms with E-state index in [0.29, 0.717) is 12.3 Å². The van der Waals surface area contributed by atoms with Crippen LogP contribution in [0.15, 0.2) is 18.2 Å². The van der Waals surface area contributed by atoms with Gasteiger partial charge in [-0.2, -0.15) is 0 Å². The van der Waals surface area contributed by atoms with Crippen molar-refractivity contribution in [2.75, 3.05) is 13.1 Å².